The summed E-state index contributed by atoms with van der Waals surface area (Å²) in [4.78, 5) is 15.6. The van der Waals surface area contributed by atoms with Crippen molar-refractivity contribution >= 4 is 23.3 Å². The summed E-state index contributed by atoms with van der Waals surface area (Å²) in [6, 6.07) is 1.47. The molecule has 0 saturated heterocycles. The van der Waals surface area contributed by atoms with Crippen LogP contribution in [0, 0.1) is 0 Å². The smallest absolute Gasteiger partial charge is 0.252 e. The second-order valence-electron chi connectivity index (χ2n) is 4.16. The van der Waals surface area contributed by atoms with Crippen molar-refractivity contribution in [2.45, 2.75) is 26.2 Å². The molecule has 106 valence electrons. The van der Waals surface area contributed by atoms with Crippen LogP contribution in [-0.4, -0.2) is 30.6 Å². The molecule has 1 heterocycles. The zero-order valence-electron chi connectivity index (χ0n) is 11.1. The number of pyridine rings is 1. The molecule has 0 aliphatic heterocycles. The monoisotopic (exact) mass is 285 g/mol. The SMILES string of the molecule is CCCCOCCCNC(=O)c1cc(N)ncc1Cl. The van der Waals surface area contributed by atoms with E-state index in [0.29, 0.717) is 23.7 Å². The number of nitrogens with zero attached hydrogens (tertiary/aromatic N) is 1. The Bertz CT molecular complexity index is 413. The fraction of sp³-hybridized carbons (Fsp3) is 0.538. The van der Waals surface area contributed by atoms with Gasteiger partial charge in [0.25, 0.3) is 5.91 Å². The first-order chi connectivity index (χ1) is 9.15. The van der Waals surface area contributed by atoms with Gasteiger partial charge in [-0.05, 0) is 18.9 Å². The lowest BCUT2D eigenvalue weighted by atomic mass is 10.2. The van der Waals surface area contributed by atoms with Crippen LogP contribution in [0.1, 0.15) is 36.5 Å². The molecule has 0 radical (unpaired) electrons. The molecule has 0 fully saturated rings. The van der Waals surface area contributed by atoms with E-state index in [-0.39, 0.29) is 11.7 Å². The van der Waals surface area contributed by atoms with E-state index < -0.39 is 0 Å². The highest BCUT2D eigenvalue weighted by molar-refractivity contribution is 6.33. The minimum atomic E-state index is -0.243. The summed E-state index contributed by atoms with van der Waals surface area (Å²) in [5, 5.41) is 3.07. The first-order valence-electron chi connectivity index (χ1n) is 6.42. The highest BCUT2D eigenvalue weighted by Crippen LogP contribution is 2.16. The number of hydrogen-bond donors (Lipinski definition) is 2. The number of amides is 1. The molecular weight excluding hydrogens is 266 g/mol. The molecule has 1 amide bonds. The van der Waals surface area contributed by atoms with E-state index >= 15 is 0 Å². The van der Waals surface area contributed by atoms with Crippen LogP contribution in [0.2, 0.25) is 5.02 Å². The number of rotatable bonds is 8. The Kier molecular flexibility index (Phi) is 7.22. The Balaban J connectivity index is 2.26. The highest BCUT2D eigenvalue weighted by Gasteiger charge is 2.10. The molecule has 0 aliphatic rings. The van der Waals surface area contributed by atoms with Gasteiger partial charge in [0.15, 0.2) is 0 Å². The average molecular weight is 286 g/mol. The van der Waals surface area contributed by atoms with Gasteiger partial charge in [-0.1, -0.05) is 24.9 Å². The molecular formula is C13H20ClN3O2. The summed E-state index contributed by atoms with van der Waals surface area (Å²) in [5.74, 6) is 0.0325. The van der Waals surface area contributed by atoms with Crippen LogP contribution < -0.4 is 11.1 Å². The number of ether oxygens (including phenoxy) is 1. The van der Waals surface area contributed by atoms with Crippen molar-refractivity contribution < 1.29 is 9.53 Å². The van der Waals surface area contributed by atoms with Gasteiger partial charge in [0, 0.05) is 26.0 Å². The quantitative estimate of drug-likeness (QED) is 0.718. The van der Waals surface area contributed by atoms with E-state index in [1.807, 2.05) is 0 Å². The number of nitrogen functional groups attached to an aromatic ring is 1. The maximum atomic E-state index is 11.8. The molecule has 5 nitrogen and oxygen atoms in total. The predicted molar refractivity (Wildman–Crippen MR) is 76.3 cm³/mol. The van der Waals surface area contributed by atoms with Crippen LogP contribution in [-0.2, 0) is 4.74 Å². The van der Waals surface area contributed by atoms with E-state index in [2.05, 4.69) is 17.2 Å². The first-order valence-corrected chi connectivity index (χ1v) is 6.80. The molecule has 0 atom stereocenters. The number of halogens is 1. The molecule has 1 aromatic heterocycles. The van der Waals surface area contributed by atoms with Gasteiger partial charge in [-0.25, -0.2) is 4.98 Å². The third kappa shape index (κ3) is 5.89. The summed E-state index contributed by atoms with van der Waals surface area (Å²) < 4.78 is 5.40. The van der Waals surface area contributed by atoms with Crippen LogP contribution >= 0.6 is 11.6 Å². The van der Waals surface area contributed by atoms with Crippen LogP contribution in [0.4, 0.5) is 5.82 Å². The van der Waals surface area contributed by atoms with Gasteiger partial charge in [0.05, 0.1) is 10.6 Å². The van der Waals surface area contributed by atoms with Gasteiger partial charge in [-0.15, -0.1) is 0 Å². The van der Waals surface area contributed by atoms with Crippen molar-refractivity contribution in [3.8, 4) is 0 Å². The fourth-order valence-corrected chi connectivity index (χ4v) is 1.64. The molecule has 0 unspecified atom stereocenters. The molecule has 1 aromatic rings. The van der Waals surface area contributed by atoms with Crippen LogP contribution in [0.5, 0.6) is 0 Å². The Morgan fingerprint density at radius 2 is 2.21 bits per heavy atom. The van der Waals surface area contributed by atoms with Gasteiger partial charge < -0.3 is 15.8 Å². The summed E-state index contributed by atoms with van der Waals surface area (Å²) in [5.41, 5.74) is 5.87. The summed E-state index contributed by atoms with van der Waals surface area (Å²) >= 11 is 5.88. The van der Waals surface area contributed by atoms with Crippen molar-refractivity contribution in [1.29, 1.82) is 0 Å². The summed E-state index contributed by atoms with van der Waals surface area (Å²) in [6.45, 7) is 4.08. The second kappa shape index (κ2) is 8.72. The van der Waals surface area contributed by atoms with Gasteiger partial charge >= 0.3 is 0 Å². The molecule has 0 aliphatic carbocycles. The van der Waals surface area contributed by atoms with Crippen LogP contribution in [0.25, 0.3) is 0 Å². The fourth-order valence-electron chi connectivity index (χ4n) is 1.45. The van der Waals surface area contributed by atoms with E-state index in [9.17, 15) is 4.79 Å². The van der Waals surface area contributed by atoms with Gasteiger partial charge in [-0.3, -0.25) is 4.79 Å². The number of carbonyl (C=O) groups is 1. The van der Waals surface area contributed by atoms with E-state index in [4.69, 9.17) is 22.1 Å². The van der Waals surface area contributed by atoms with E-state index in [1.54, 1.807) is 0 Å². The zero-order chi connectivity index (χ0) is 14.1. The standard InChI is InChI=1S/C13H20ClN3O2/c1-2-3-6-19-7-4-5-16-13(18)10-8-12(15)17-9-11(10)14/h8-9H,2-7H2,1H3,(H2,15,17)(H,16,18). The number of nitrogens with two attached hydrogens (primary N) is 1. The Morgan fingerprint density at radius 3 is 2.95 bits per heavy atom. The third-order valence-corrected chi connectivity index (χ3v) is 2.82. The minimum Gasteiger partial charge on any atom is -0.384 e. The summed E-state index contributed by atoms with van der Waals surface area (Å²) in [7, 11) is 0. The number of nitrogens with one attached hydrogen (secondary N) is 1. The first kappa shape index (κ1) is 15.7. The second-order valence-corrected chi connectivity index (χ2v) is 4.57. The van der Waals surface area contributed by atoms with Crippen LogP contribution in [0.3, 0.4) is 0 Å². The number of anilines is 1. The maximum Gasteiger partial charge on any atom is 0.252 e. The van der Waals surface area contributed by atoms with Crippen molar-refractivity contribution in [2.75, 3.05) is 25.5 Å². The molecule has 0 saturated carbocycles. The number of hydrogen-bond acceptors (Lipinski definition) is 4. The van der Waals surface area contributed by atoms with Crippen molar-refractivity contribution in [3.63, 3.8) is 0 Å². The molecule has 1 rings (SSSR count). The average Bonchev–Trinajstić information content (AvgIpc) is 2.40. The number of carbonyl (C=O) groups excluding carboxylic acids is 1. The summed E-state index contributed by atoms with van der Waals surface area (Å²) in [6.07, 6.45) is 4.34. The molecule has 0 spiro atoms. The van der Waals surface area contributed by atoms with Gasteiger partial charge in [-0.2, -0.15) is 0 Å². The Morgan fingerprint density at radius 1 is 1.47 bits per heavy atom. The molecule has 0 bridgehead atoms. The number of aromatic nitrogens is 1. The lowest BCUT2D eigenvalue weighted by Gasteiger charge is -2.07. The maximum absolute atomic E-state index is 11.8. The zero-order valence-corrected chi connectivity index (χ0v) is 11.9. The Labute approximate surface area is 118 Å². The third-order valence-electron chi connectivity index (χ3n) is 2.51. The van der Waals surface area contributed by atoms with Crippen LogP contribution in [0.15, 0.2) is 12.3 Å². The topological polar surface area (TPSA) is 77.2 Å². The molecule has 6 heteroatoms. The highest BCUT2D eigenvalue weighted by atomic mass is 35.5. The van der Waals surface area contributed by atoms with Gasteiger partial charge in [0.1, 0.15) is 5.82 Å². The van der Waals surface area contributed by atoms with Crippen molar-refractivity contribution in [3.05, 3.63) is 22.8 Å². The largest absolute Gasteiger partial charge is 0.384 e. The lowest BCUT2D eigenvalue weighted by Crippen LogP contribution is -2.25. The minimum absolute atomic E-state index is 0.243. The predicted octanol–water partition coefficient (Wildman–Crippen LogP) is 2.25. The van der Waals surface area contributed by atoms with Crippen molar-refractivity contribution in [1.82, 2.24) is 10.3 Å². The molecule has 19 heavy (non-hydrogen) atoms. The van der Waals surface area contributed by atoms with Crippen molar-refractivity contribution in [2.24, 2.45) is 0 Å². The normalized spacial score (nSPS) is 10.4. The Hall–Kier alpha value is -1.33. The lowest BCUT2D eigenvalue weighted by molar-refractivity contribution is 0.0940. The van der Waals surface area contributed by atoms with E-state index in [1.165, 1.54) is 12.3 Å². The molecule has 3 N–H and O–H groups in total. The molecule has 0 aromatic carbocycles. The number of unbranched alkanes of at least 4 members (excludes halogenated alkanes) is 1. The van der Waals surface area contributed by atoms with Gasteiger partial charge in [0.2, 0.25) is 0 Å². The van der Waals surface area contributed by atoms with E-state index in [0.717, 1.165) is 25.9 Å².